The van der Waals surface area contributed by atoms with Crippen LogP contribution < -0.4 is 5.32 Å². The predicted octanol–water partition coefficient (Wildman–Crippen LogP) is 0.623. The van der Waals surface area contributed by atoms with Gasteiger partial charge in [0.1, 0.15) is 0 Å². The predicted molar refractivity (Wildman–Crippen MR) is 64.6 cm³/mol. The second-order valence-electron chi connectivity index (χ2n) is 5.89. The highest BCUT2D eigenvalue weighted by Gasteiger charge is 2.45. The number of carbonyl (C=O) groups is 1. The normalized spacial score (nSPS) is 41.6. The van der Waals surface area contributed by atoms with E-state index >= 15 is 0 Å². The summed E-state index contributed by atoms with van der Waals surface area (Å²) >= 11 is 0. The van der Waals surface area contributed by atoms with Crippen molar-refractivity contribution in [1.82, 2.24) is 10.2 Å². The van der Waals surface area contributed by atoms with E-state index < -0.39 is 0 Å². The van der Waals surface area contributed by atoms with Gasteiger partial charge in [0.25, 0.3) is 0 Å². The van der Waals surface area contributed by atoms with Gasteiger partial charge in [-0.2, -0.15) is 0 Å². The molecule has 2 aliphatic heterocycles. The number of rotatable bonds is 1. The summed E-state index contributed by atoms with van der Waals surface area (Å²) in [6.45, 7) is 6.43. The molecule has 0 aromatic rings. The Morgan fingerprint density at radius 2 is 2.35 bits per heavy atom. The number of amides is 1. The number of nitrogens with zero attached hydrogens (tertiary/aromatic N) is 1. The quantitative estimate of drug-likeness (QED) is 0.728. The molecule has 0 bridgehead atoms. The number of carbonyl (C=O) groups excluding carboxylic acids is 1. The fourth-order valence-electron chi connectivity index (χ4n) is 3.13. The molecule has 3 rings (SSSR count). The maximum atomic E-state index is 12.2. The zero-order chi connectivity index (χ0) is 11.9. The van der Waals surface area contributed by atoms with E-state index in [0.29, 0.717) is 24.3 Å². The average Bonchev–Trinajstić information content (AvgIpc) is 3.06. The van der Waals surface area contributed by atoms with Gasteiger partial charge in [0.15, 0.2) is 0 Å². The molecule has 1 N–H and O–H groups in total. The van der Waals surface area contributed by atoms with Crippen LogP contribution in [-0.2, 0) is 9.53 Å². The van der Waals surface area contributed by atoms with Crippen LogP contribution in [0.4, 0.5) is 0 Å². The molecule has 0 radical (unpaired) electrons. The number of hydrogen-bond donors (Lipinski definition) is 1. The third kappa shape index (κ3) is 2.20. The minimum atomic E-state index is -0.0930. The van der Waals surface area contributed by atoms with Crippen LogP contribution in [0.15, 0.2) is 0 Å². The number of morpholine rings is 1. The molecule has 3 fully saturated rings. The highest BCUT2D eigenvalue weighted by molar-refractivity contribution is 5.81. The standard InChI is InChI=1S/C13H22N2O2/c1-10-7-11(10)12(16)15-5-6-17-13(9-15)3-2-4-14-8-13/h10-11,14H,2-9H2,1H3/t10-,11-,13-/m1/s1. The molecule has 96 valence electrons. The summed E-state index contributed by atoms with van der Waals surface area (Å²) < 4.78 is 5.96. The van der Waals surface area contributed by atoms with Crippen LogP contribution in [0.3, 0.4) is 0 Å². The minimum Gasteiger partial charge on any atom is -0.370 e. The molecule has 0 aromatic carbocycles. The Hall–Kier alpha value is -0.610. The molecule has 3 atom stereocenters. The van der Waals surface area contributed by atoms with Crippen molar-refractivity contribution in [3.05, 3.63) is 0 Å². The Morgan fingerprint density at radius 3 is 3.00 bits per heavy atom. The number of piperidine rings is 1. The number of nitrogens with one attached hydrogen (secondary N) is 1. The molecular weight excluding hydrogens is 216 g/mol. The fraction of sp³-hybridized carbons (Fsp3) is 0.923. The van der Waals surface area contributed by atoms with Crippen LogP contribution in [0.25, 0.3) is 0 Å². The lowest BCUT2D eigenvalue weighted by atomic mass is 9.92. The van der Waals surface area contributed by atoms with Gasteiger partial charge in [-0.15, -0.1) is 0 Å². The summed E-state index contributed by atoms with van der Waals surface area (Å²) in [6.07, 6.45) is 3.33. The first-order valence-corrected chi connectivity index (χ1v) is 6.84. The largest absolute Gasteiger partial charge is 0.370 e. The molecule has 3 aliphatic rings. The lowest BCUT2D eigenvalue weighted by Gasteiger charge is -2.45. The van der Waals surface area contributed by atoms with Crippen LogP contribution in [0.5, 0.6) is 0 Å². The molecule has 1 saturated carbocycles. The summed E-state index contributed by atoms with van der Waals surface area (Å²) in [7, 11) is 0. The van der Waals surface area contributed by atoms with Gasteiger partial charge in [-0.25, -0.2) is 0 Å². The minimum absolute atomic E-state index is 0.0930. The monoisotopic (exact) mass is 238 g/mol. The maximum absolute atomic E-state index is 12.2. The average molecular weight is 238 g/mol. The first kappa shape index (κ1) is 11.5. The van der Waals surface area contributed by atoms with Gasteiger partial charge in [-0.3, -0.25) is 4.79 Å². The molecule has 1 amide bonds. The fourth-order valence-corrected chi connectivity index (χ4v) is 3.13. The molecule has 0 aromatic heterocycles. The summed E-state index contributed by atoms with van der Waals surface area (Å²) in [4.78, 5) is 14.3. The number of hydrogen-bond acceptors (Lipinski definition) is 3. The topological polar surface area (TPSA) is 41.6 Å². The summed E-state index contributed by atoms with van der Waals surface area (Å²) in [5, 5.41) is 3.40. The van der Waals surface area contributed by atoms with E-state index in [0.717, 1.165) is 45.4 Å². The van der Waals surface area contributed by atoms with Crippen molar-refractivity contribution in [2.45, 2.75) is 31.8 Å². The van der Waals surface area contributed by atoms with Crippen LogP contribution in [-0.4, -0.2) is 49.2 Å². The summed E-state index contributed by atoms with van der Waals surface area (Å²) in [5.74, 6) is 1.28. The molecule has 4 nitrogen and oxygen atoms in total. The Kier molecular flexibility index (Phi) is 2.87. The first-order valence-electron chi connectivity index (χ1n) is 6.84. The lowest BCUT2D eigenvalue weighted by molar-refractivity contribution is -0.154. The number of ether oxygens (including phenoxy) is 1. The highest BCUT2D eigenvalue weighted by Crippen LogP contribution is 2.40. The van der Waals surface area contributed by atoms with Crippen molar-refractivity contribution < 1.29 is 9.53 Å². The second kappa shape index (κ2) is 4.25. The molecular formula is C13H22N2O2. The van der Waals surface area contributed by atoms with E-state index in [2.05, 4.69) is 12.2 Å². The van der Waals surface area contributed by atoms with E-state index in [-0.39, 0.29) is 5.60 Å². The zero-order valence-corrected chi connectivity index (χ0v) is 10.6. The molecule has 0 unspecified atom stereocenters. The highest BCUT2D eigenvalue weighted by atomic mass is 16.5. The zero-order valence-electron chi connectivity index (χ0n) is 10.6. The van der Waals surface area contributed by atoms with E-state index in [1.165, 1.54) is 0 Å². The third-order valence-corrected chi connectivity index (χ3v) is 4.42. The molecule has 2 heterocycles. The lowest BCUT2D eigenvalue weighted by Crippen LogP contribution is -2.60. The van der Waals surface area contributed by atoms with Gasteiger partial charge >= 0.3 is 0 Å². The molecule has 4 heteroatoms. The van der Waals surface area contributed by atoms with Crippen LogP contribution in [0.2, 0.25) is 0 Å². The SMILES string of the molecule is C[C@@H]1C[C@H]1C(=O)N1CCO[C@@]2(CCCNC2)C1. The van der Waals surface area contributed by atoms with Crippen molar-refractivity contribution in [2.75, 3.05) is 32.8 Å². The van der Waals surface area contributed by atoms with Gasteiger partial charge in [0.05, 0.1) is 18.8 Å². The Morgan fingerprint density at radius 1 is 1.53 bits per heavy atom. The van der Waals surface area contributed by atoms with Crippen LogP contribution in [0, 0.1) is 11.8 Å². The van der Waals surface area contributed by atoms with Crippen molar-refractivity contribution in [3.63, 3.8) is 0 Å². The smallest absolute Gasteiger partial charge is 0.226 e. The van der Waals surface area contributed by atoms with E-state index in [1.54, 1.807) is 0 Å². The Bertz CT molecular complexity index is 307. The van der Waals surface area contributed by atoms with Crippen molar-refractivity contribution in [1.29, 1.82) is 0 Å². The molecule has 2 saturated heterocycles. The third-order valence-electron chi connectivity index (χ3n) is 4.42. The summed E-state index contributed by atoms with van der Waals surface area (Å²) in [5.41, 5.74) is -0.0930. The van der Waals surface area contributed by atoms with Crippen molar-refractivity contribution in [3.8, 4) is 0 Å². The van der Waals surface area contributed by atoms with E-state index in [1.807, 2.05) is 4.90 Å². The van der Waals surface area contributed by atoms with Crippen molar-refractivity contribution >= 4 is 5.91 Å². The summed E-state index contributed by atoms with van der Waals surface area (Å²) in [6, 6.07) is 0. The van der Waals surface area contributed by atoms with Gasteiger partial charge in [0.2, 0.25) is 5.91 Å². The first-order chi connectivity index (χ1) is 8.20. The molecule has 1 spiro atoms. The van der Waals surface area contributed by atoms with Gasteiger partial charge in [0, 0.05) is 19.0 Å². The molecule has 17 heavy (non-hydrogen) atoms. The van der Waals surface area contributed by atoms with Crippen LogP contribution >= 0.6 is 0 Å². The second-order valence-corrected chi connectivity index (χ2v) is 5.89. The van der Waals surface area contributed by atoms with Crippen molar-refractivity contribution in [2.24, 2.45) is 11.8 Å². The van der Waals surface area contributed by atoms with Gasteiger partial charge in [-0.1, -0.05) is 6.92 Å². The maximum Gasteiger partial charge on any atom is 0.226 e. The van der Waals surface area contributed by atoms with Gasteiger partial charge < -0.3 is 15.0 Å². The molecule has 1 aliphatic carbocycles. The van der Waals surface area contributed by atoms with E-state index in [4.69, 9.17) is 4.74 Å². The Labute approximate surface area is 103 Å². The van der Waals surface area contributed by atoms with Gasteiger partial charge in [-0.05, 0) is 31.7 Å². The van der Waals surface area contributed by atoms with Crippen LogP contribution in [0.1, 0.15) is 26.2 Å². The Balaban J connectivity index is 1.64. The van der Waals surface area contributed by atoms with E-state index in [9.17, 15) is 4.79 Å².